The van der Waals surface area contributed by atoms with Crippen molar-refractivity contribution in [2.45, 2.75) is 57.5 Å². The van der Waals surface area contributed by atoms with Crippen LogP contribution in [0.4, 0.5) is 4.79 Å². The largest absolute Gasteiger partial charge is 0.471 e. The summed E-state index contributed by atoms with van der Waals surface area (Å²) in [6.45, 7) is 0.523. The second-order valence-corrected chi connectivity index (χ2v) is 8.57. The summed E-state index contributed by atoms with van der Waals surface area (Å²) in [6.07, 6.45) is 8.64. The standard InChI is InChI=1S/C25H31NO6/c1-29-23(27)21-16-31-24(30-14-17-8-4-2-5-9-17)22-18(12-13-20(21)22)15-32-25(28)26-19-10-6-3-7-11-19/h2,4-5,8-9,12,16,19-20,22,24H,3,6-7,10-11,13-15H2,1H3,(H,26,28)/t20-,22-,24-/m1/s1. The van der Waals surface area contributed by atoms with Crippen LogP contribution in [-0.4, -0.2) is 38.1 Å². The Labute approximate surface area is 188 Å². The third-order valence-corrected chi connectivity index (χ3v) is 6.49. The molecule has 2 aliphatic carbocycles. The van der Waals surface area contributed by atoms with Crippen molar-refractivity contribution in [1.82, 2.24) is 5.32 Å². The summed E-state index contributed by atoms with van der Waals surface area (Å²) in [6, 6.07) is 10.0. The third kappa shape index (κ3) is 5.33. The minimum atomic E-state index is -0.577. The molecule has 0 aromatic heterocycles. The lowest BCUT2D eigenvalue weighted by Gasteiger charge is -2.34. The van der Waals surface area contributed by atoms with Gasteiger partial charge in [0.25, 0.3) is 0 Å². The molecule has 1 aliphatic heterocycles. The van der Waals surface area contributed by atoms with Gasteiger partial charge in [0.15, 0.2) is 0 Å². The number of hydrogen-bond acceptors (Lipinski definition) is 6. The van der Waals surface area contributed by atoms with Gasteiger partial charge in [0.05, 0.1) is 31.5 Å². The van der Waals surface area contributed by atoms with Crippen molar-refractivity contribution in [1.29, 1.82) is 0 Å². The molecule has 4 rings (SSSR count). The lowest BCUT2D eigenvalue weighted by atomic mass is 9.83. The van der Waals surface area contributed by atoms with E-state index in [1.807, 2.05) is 36.4 Å². The number of hydrogen-bond donors (Lipinski definition) is 1. The highest BCUT2D eigenvalue weighted by molar-refractivity contribution is 5.89. The monoisotopic (exact) mass is 441 g/mol. The number of carbonyl (C=O) groups excluding carboxylic acids is 2. The fourth-order valence-corrected chi connectivity index (χ4v) is 4.79. The van der Waals surface area contributed by atoms with E-state index in [1.165, 1.54) is 19.8 Å². The van der Waals surface area contributed by atoms with Crippen molar-refractivity contribution in [3.8, 4) is 0 Å². The Kier molecular flexibility index (Phi) is 7.47. The average Bonchev–Trinajstić information content (AvgIpc) is 3.26. The predicted molar refractivity (Wildman–Crippen MR) is 117 cm³/mol. The maximum Gasteiger partial charge on any atom is 0.407 e. The number of ether oxygens (including phenoxy) is 4. The first-order valence-corrected chi connectivity index (χ1v) is 11.4. The summed E-state index contributed by atoms with van der Waals surface area (Å²) < 4.78 is 22.4. The maximum atomic E-state index is 12.3. The van der Waals surface area contributed by atoms with Crippen LogP contribution in [0.1, 0.15) is 44.1 Å². The van der Waals surface area contributed by atoms with Crippen LogP contribution in [0, 0.1) is 11.8 Å². The minimum absolute atomic E-state index is 0.128. The highest BCUT2D eigenvalue weighted by Gasteiger charge is 2.45. The number of allylic oxidation sites excluding steroid dienone is 1. The van der Waals surface area contributed by atoms with Crippen LogP contribution in [0.15, 0.2) is 53.8 Å². The molecule has 1 saturated carbocycles. The Hall–Kier alpha value is -2.80. The maximum absolute atomic E-state index is 12.3. The van der Waals surface area contributed by atoms with Gasteiger partial charge in [0.2, 0.25) is 6.29 Å². The van der Waals surface area contributed by atoms with Crippen molar-refractivity contribution >= 4 is 12.1 Å². The number of benzene rings is 1. The zero-order valence-electron chi connectivity index (χ0n) is 18.5. The van der Waals surface area contributed by atoms with Gasteiger partial charge in [0.1, 0.15) is 6.61 Å². The summed E-state index contributed by atoms with van der Waals surface area (Å²) in [7, 11) is 1.36. The summed E-state index contributed by atoms with van der Waals surface area (Å²) >= 11 is 0. The van der Waals surface area contributed by atoms with Gasteiger partial charge in [-0.15, -0.1) is 0 Å². The molecule has 0 saturated heterocycles. The molecule has 172 valence electrons. The topological polar surface area (TPSA) is 83.1 Å². The van der Waals surface area contributed by atoms with Crippen LogP contribution in [-0.2, 0) is 30.3 Å². The second-order valence-electron chi connectivity index (χ2n) is 8.57. The highest BCUT2D eigenvalue weighted by atomic mass is 16.7. The van der Waals surface area contributed by atoms with Crippen molar-refractivity contribution in [3.05, 3.63) is 59.4 Å². The molecule has 1 N–H and O–H groups in total. The van der Waals surface area contributed by atoms with Gasteiger partial charge < -0.3 is 24.3 Å². The Morgan fingerprint density at radius 3 is 2.62 bits per heavy atom. The fraction of sp³-hybridized carbons (Fsp3) is 0.520. The van der Waals surface area contributed by atoms with Crippen LogP contribution in [0.3, 0.4) is 0 Å². The van der Waals surface area contributed by atoms with E-state index in [0.717, 1.165) is 36.8 Å². The molecule has 0 spiro atoms. The molecule has 1 fully saturated rings. The van der Waals surface area contributed by atoms with E-state index in [1.54, 1.807) is 0 Å². The number of esters is 1. The van der Waals surface area contributed by atoms with E-state index >= 15 is 0 Å². The summed E-state index contributed by atoms with van der Waals surface area (Å²) in [5.74, 6) is -0.760. The number of rotatable bonds is 7. The molecule has 1 heterocycles. The number of alkyl carbamates (subject to hydrolysis) is 1. The number of carbonyl (C=O) groups is 2. The molecule has 0 bridgehead atoms. The number of methoxy groups -OCH3 is 1. The van der Waals surface area contributed by atoms with E-state index in [4.69, 9.17) is 18.9 Å². The van der Waals surface area contributed by atoms with Gasteiger partial charge in [-0.3, -0.25) is 0 Å². The number of fused-ring (bicyclic) bond motifs is 1. The van der Waals surface area contributed by atoms with E-state index in [9.17, 15) is 9.59 Å². The lowest BCUT2D eigenvalue weighted by molar-refractivity contribution is -0.161. The van der Waals surface area contributed by atoms with Gasteiger partial charge in [-0.1, -0.05) is 55.7 Å². The van der Waals surface area contributed by atoms with Crippen LogP contribution in [0.25, 0.3) is 0 Å². The third-order valence-electron chi connectivity index (χ3n) is 6.49. The van der Waals surface area contributed by atoms with Gasteiger partial charge in [-0.05, 0) is 30.4 Å². The van der Waals surface area contributed by atoms with E-state index in [-0.39, 0.29) is 24.5 Å². The first kappa shape index (κ1) is 22.4. The summed E-state index contributed by atoms with van der Waals surface area (Å²) in [5.41, 5.74) is 2.42. The highest BCUT2D eigenvalue weighted by Crippen LogP contribution is 2.44. The Balaban J connectivity index is 1.40. The molecular formula is C25H31NO6. The number of nitrogens with one attached hydrogen (secondary N) is 1. The first-order valence-electron chi connectivity index (χ1n) is 11.4. The second kappa shape index (κ2) is 10.7. The molecule has 3 aliphatic rings. The van der Waals surface area contributed by atoms with Gasteiger partial charge >= 0.3 is 12.1 Å². The molecule has 7 nitrogen and oxygen atoms in total. The molecule has 7 heteroatoms. The van der Waals surface area contributed by atoms with Crippen molar-refractivity contribution in [2.75, 3.05) is 13.7 Å². The Morgan fingerprint density at radius 2 is 1.88 bits per heavy atom. The molecule has 1 aromatic rings. The quantitative estimate of drug-likeness (QED) is 0.503. The van der Waals surface area contributed by atoms with Crippen LogP contribution in [0.2, 0.25) is 0 Å². The molecule has 0 unspecified atom stereocenters. The Morgan fingerprint density at radius 1 is 1.09 bits per heavy atom. The van der Waals surface area contributed by atoms with Crippen LogP contribution >= 0.6 is 0 Å². The van der Waals surface area contributed by atoms with Crippen molar-refractivity contribution in [2.24, 2.45) is 11.8 Å². The molecule has 1 amide bonds. The molecule has 32 heavy (non-hydrogen) atoms. The first-order chi connectivity index (χ1) is 15.7. The van der Waals surface area contributed by atoms with Gasteiger partial charge in [0, 0.05) is 12.0 Å². The minimum Gasteiger partial charge on any atom is -0.471 e. The van der Waals surface area contributed by atoms with E-state index in [0.29, 0.717) is 18.6 Å². The van der Waals surface area contributed by atoms with Crippen molar-refractivity contribution in [3.63, 3.8) is 0 Å². The predicted octanol–water partition coefficient (Wildman–Crippen LogP) is 4.24. The lowest BCUT2D eigenvalue weighted by Crippen LogP contribution is -2.39. The van der Waals surface area contributed by atoms with Gasteiger partial charge in [-0.2, -0.15) is 0 Å². The smallest absolute Gasteiger partial charge is 0.407 e. The summed E-state index contributed by atoms with van der Waals surface area (Å²) in [4.78, 5) is 24.6. The zero-order valence-corrected chi connectivity index (χ0v) is 18.5. The molecule has 0 radical (unpaired) electrons. The fourth-order valence-electron chi connectivity index (χ4n) is 4.79. The zero-order chi connectivity index (χ0) is 22.3. The van der Waals surface area contributed by atoms with Crippen molar-refractivity contribution < 1.29 is 28.5 Å². The normalized spacial score (nSPS) is 25.1. The van der Waals surface area contributed by atoms with E-state index < -0.39 is 18.4 Å². The summed E-state index contributed by atoms with van der Waals surface area (Å²) in [5, 5.41) is 2.97. The SMILES string of the molecule is COC(=O)C1=CO[C@@H](OCc2ccccc2)[C@@H]2C(COC(=O)NC3CCCCC3)=CC[C@H]12. The Bertz CT molecular complexity index is 858. The molecule has 1 aromatic carbocycles. The average molecular weight is 442 g/mol. The van der Waals surface area contributed by atoms with Gasteiger partial charge in [-0.25, -0.2) is 9.59 Å². The van der Waals surface area contributed by atoms with Crippen LogP contribution < -0.4 is 5.32 Å². The van der Waals surface area contributed by atoms with E-state index in [2.05, 4.69) is 5.32 Å². The molecule has 3 atom stereocenters. The number of amides is 1. The van der Waals surface area contributed by atoms with Crippen LogP contribution in [0.5, 0.6) is 0 Å². The molecular weight excluding hydrogens is 410 g/mol.